The van der Waals surface area contributed by atoms with Gasteiger partial charge in [0.05, 0.1) is 40.6 Å². The monoisotopic (exact) mass is 555 g/mol. The van der Waals surface area contributed by atoms with Crippen LogP contribution in [0.2, 0.25) is 0 Å². The van der Waals surface area contributed by atoms with Crippen molar-refractivity contribution in [3.05, 3.63) is 130 Å². The molecule has 4 aromatic rings. The quantitative estimate of drug-likeness (QED) is 0.185. The second-order valence-corrected chi connectivity index (χ2v) is 11.7. The second kappa shape index (κ2) is 11.8. The number of nitrogens with two attached hydrogens (primary N) is 2. The molecule has 0 spiro atoms. The van der Waals surface area contributed by atoms with Crippen molar-refractivity contribution >= 4 is 22.7 Å². The van der Waals surface area contributed by atoms with Crippen LogP contribution in [-0.2, 0) is 11.4 Å². The maximum Gasteiger partial charge on any atom is 0.150 e. The summed E-state index contributed by atoms with van der Waals surface area (Å²) in [6.45, 7) is 3.59. The van der Waals surface area contributed by atoms with Gasteiger partial charge >= 0.3 is 0 Å². The number of nitrogens with one attached hydrogen (secondary N) is 1. The van der Waals surface area contributed by atoms with Crippen LogP contribution in [0.1, 0.15) is 59.2 Å². The summed E-state index contributed by atoms with van der Waals surface area (Å²) < 4.78 is 44.5. The lowest BCUT2D eigenvalue weighted by Gasteiger charge is -2.37. The first-order chi connectivity index (χ1) is 19.0. The van der Waals surface area contributed by atoms with Crippen molar-refractivity contribution in [1.82, 2.24) is 4.72 Å². The van der Waals surface area contributed by atoms with Gasteiger partial charge in [-0.25, -0.2) is 8.78 Å². The van der Waals surface area contributed by atoms with E-state index in [0.29, 0.717) is 33.4 Å². The van der Waals surface area contributed by atoms with Gasteiger partial charge in [-0.1, -0.05) is 36.4 Å². The summed E-state index contributed by atoms with van der Waals surface area (Å²) in [4.78, 5) is 0. The number of nitriles is 2. The van der Waals surface area contributed by atoms with E-state index in [1.54, 1.807) is 68.4 Å². The molecule has 4 rings (SSSR count). The summed E-state index contributed by atoms with van der Waals surface area (Å²) in [7, 11) is 0. The first kappa shape index (κ1) is 28.6. The maximum atomic E-state index is 14.3. The standard InChI is InChI=1S/C31H27F2N5OS/c1-31(2,29(21-7-3-5-19(13-21)17-34)22-9-11-25(32)27(36)15-22)40(39)38-30(23-8-4-6-20(14-23)18-35)24-10-12-26(33)28(37)16-24/h3-16,29-30,38H,36-37H2,1-2H3/t29-,30-,40-/m1/s1. The van der Waals surface area contributed by atoms with Crippen molar-refractivity contribution in [2.45, 2.75) is 30.6 Å². The third kappa shape index (κ3) is 5.93. The molecular formula is C31H27F2N5OS. The Balaban J connectivity index is 1.82. The van der Waals surface area contributed by atoms with Crippen LogP contribution >= 0.6 is 0 Å². The molecule has 0 bridgehead atoms. The van der Waals surface area contributed by atoms with E-state index in [0.717, 1.165) is 0 Å². The summed E-state index contributed by atoms with van der Waals surface area (Å²) in [5.74, 6) is -1.74. The number of anilines is 2. The number of nitrogen functional groups attached to an aromatic ring is 2. The molecule has 4 aromatic carbocycles. The largest absolute Gasteiger partial charge is 0.598 e. The van der Waals surface area contributed by atoms with Crippen molar-refractivity contribution in [3.8, 4) is 12.1 Å². The van der Waals surface area contributed by atoms with Gasteiger partial charge in [-0.15, -0.1) is 4.72 Å². The predicted molar refractivity (Wildman–Crippen MR) is 153 cm³/mol. The van der Waals surface area contributed by atoms with Crippen molar-refractivity contribution in [1.29, 1.82) is 10.5 Å². The lowest BCUT2D eigenvalue weighted by atomic mass is 9.81. The van der Waals surface area contributed by atoms with Crippen molar-refractivity contribution in [2.24, 2.45) is 0 Å². The third-order valence-electron chi connectivity index (χ3n) is 6.80. The van der Waals surface area contributed by atoms with Crippen LogP contribution in [0.5, 0.6) is 0 Å². The van der Waals surface area contributed by atoms with Gasteiger partial charge in [-0.3, -0.25) is 0 Å². The first-order valence-electron chi connectivity index (χ1n) is 12.3. The Kier molecular flexibility index (Phi) is 8.41. The van der Waals surface area contributed by atoms with Crippen molar-refractivity contribution in [3.63, 3.8) is 0 Å². The number of rotatable bonds is 8. The lowest BCUT2D eigenvalue weighted by Crippen LogP contribution is -2.47. The van der Waals surface area contributed by atoms with Gasteiger partial charge in [0, 0.05) is 11.4 Å². The smallest absolute Gasteiger partial charge is 0.150 e. The molecule has 0 saturated carbocycles. The summed E-state index contributed by atoms with van der Waals surface area (Å²) in [5, 5.41) is 19.0. The average molecular weight is 556 g/mol. The Bertz CT molecular complexity index is 1630. The minimum atomic E-state index is -1.82. The summed E-state index contributed by atoms with van der Waals surface area (Å²) in [6, 6.07) is 25.8. The zero-order valence-electron chi connectivity index (χ0n) is 21.9. The molecule has 0 aliphatic heterocycles. The highest BCUT2D eigenvalue weighted by Crippen LogP contribution is 2.42. The van der Waals surface area contributed by atoms with E-state index in [2.05, 4.69) is 16.9 Å². The van der Waals surface area contributed by atoms with Gasteiger partial charge in [0.25, 0.3) is 0 Å². The van der Waals surface area contributed by atoms with Crippen LogP contribution in [0, 0.1) is 34.3 Å². The minimum absolute atomic E-state index is 0.0542. The van der Waals surface area contributed by atoms with Gasteiger partial charge in [0.15, 0.2) is 4.75 Å². The van der Waals surface area contributed by atoms with E-state index in [4.69, 9.17) is 11.5 Å². The Hall–Kier alpha value is -4.41. The molecule has 0 radical (unpaired) electrons. The van der Waals surface area contributed by atoms with E-state index < -0.39 is 39.7 Å². The fourth-order valence-electron chi connectivity index (χ4n) is 4.75. The maximum absolute atomic E-state index is 14.3. The summed E-state index contributed by atoms with van der Waals surface area (Å²) in [6.07, 6.45) is 0. The van der Waals surface area contributed by atoms with Crippen LogP contribution in [-0.4, -0.2) is 9.30 Å². The molecule has 0 aliphatic carbocycles. The van der Waals surface area contributed by atoms with Crippen LogP contribution < -0.4 is 16.2 Å². The lowest BCUT2D eigenvalue weighted by molar-refractivity contribution is 0.497. The molecule has 3 atom stereocenters. The number of hydrogen-bond acceptors (Lipinski definition) is 6. The Morgan fingerprint density at radius 3 is 1.75 bits per heavy atom. The van der Waals surface area contributed by atoms with Crippen LogP contribution in [0.4, 0.5) is 20.2 Å². The zero-order chi connectivity index (χ0) is 29.0. The minimum Gasteiger partial charge on any atom is -0.598 e. The topological polar surface area (TPSA) is 135 Å². The molecule has 6 nitrogen and oxygen atoms in total. The van der Waals surface area contributed by atoms with E-state index in [1.807, 2.05) is 6.07 Å². The molecule has 0 amide bonds. The van der Waals surface area contributed by atoms with E-state index >= 15 is 0 Å². The number of hydrogen-bond donors (Lipinski definition) is 3. The molecule has 0 saturated heterocycles. The molecule has 0 aliphatic rings. The Morgan fingerprint density at radius 2 is 1.20 bits per heavy atom. The molecule has 0 aromatic heterocycles. The molecule has 9 heteroatoms. The molecule has 0 unspecified atom stereocenters. The van der Waals surface area contributed by atoms with Gasteiger partial charge in [0.2, 0.25) is 0 Å². The molecule has 202 valence electrons. The molecule has 0 heterocycles. The zero-order valence-corrected chi connectivity index (χ0v) is 22.7. The summed E-state index contributed by atoms with van der Waals surface area (Å²) in [5.41, 5.74) is 15.0. The van der Waals surface area contributed by atoms with E-state index in [-0.39, 0.29) is 11.4 Å². The summed E-state index contributed by atoms with van der Waals surface area (Å²) >= 11 is -1.82. The normalized spacial score (nSPS) is 13.6. The van der Waals surface area contributed by atoms with Gasteiger partial charge in [-0.2, -0.15) is 10.5 Å². The fourth-order valence-corrected chi connectivity index (χ4v) is 6.03. The predicted octanol–water partition coefficient (Wildman–Crippen LogP) is 5.83. The van der Waals surface area contributed by atoms with Crippen molar-refractivity contribution in [2.75, 3.05) is 11.5 Å². The van der Waals surface area contributed by atoms with Gasteiger partial charge in [-0.05, 0) is 84.6 Å². The van der Waals surface area contributed by atoms with E-state index in [1.165, 1.54) is 24.3 Å². The third-order valence-corrected chi connectivity index (χ3v) is 8.44. The Morgan fingerprint density at radius 1 is 0.750 bits per heavy atom. The number of halogens is 2. The highest BCUT2D eigenvalue weighted by molar-refractivity contribution is 7.90. The Labute approximate surface area is 235 Å². The van der Waals surface area contributed by atoms with E-state index in [9.17, 15) is 23.9 Å². The highest BCUT2D eigenvalue weighted by atomic mass is 32.2. The fraction of sp³-hybridized carbons (Fsp3) is 0.161. The molecule has 5 N–H and O–H groups in total. The van der Waals surface area contributed by atoms with Crippen molar-refractivity contribution < 1.29 is 13.3 Å². The van der Waals surface area contributed by atoms with Gasteiger partial charge in [0.1, 0.15) is 17.7 Å². The average Bonchev–Trinajstić information content (AvgIpc) is 2.95. The number of nitrogens with zero attached hydrogens (tertiary/aromatic N) is 2. The van der Waals surface area contributed by atoms with Gasteiger partial charge < -0.3 is 16.0 Å². The molecule has 40 heavy (non-hydrogen) atoms. The molecule has 0 fully saturated rings. The number of benzene rings is 4. The SMILES string of the molecule is CC(C)([C@H](c1cccc(C#N)c1)c1ccc(F)c(N)c1)[S@@+]([O-])N[C@H](c1cccc(C#N)c1)c1ccc(F)c(N)c1. The highest BCUT2D eigenvalue weighted by Gasteiger charge is 2.44. The first-order valence-corrected chi connectivity index (χ1v) is 13.5. The van der Waals surface area contributed by atoms with Crippen LogP contribution in [0.3, 0.4) is 0 Å². The molecular weight excluding hydrogens is 528 g/mol. The van der Waals surface area contributed by atoms with Crippen LogP contribution in [0.15, 0.2) is 84.9 Å². The van der Waals surface area contributed by atoms with Crippen LogP contribution in [0.25, 0.3) is 0 Å². The second-order valence-electron chi connectivity index (χ2n) is 9.89.